The van der Waals surface area contributed by atoms with Crippen molar-refractivity contribution >= 4 is 15.9 Å². The van der Waals surface area contributed by atoms with E-state index in [4.69, 9.17) is 5.73 Å². The molecule has 1 aromatic rings. The van der Waals surface area contributed by atoms with Gasteiger partial charge in [0, 0.05) is 29.5 Å². The van der Waals surface area contributed by atoms with E-state index < -0.39 is 0 Å². The van der Waals surface area contributed by atoms with E-state index in [0.29, 0.717) is 6.04 Å². The van der Waals surface area contributed by atoms with Gasteiger partial charge in [-0.25, -0.2) is 0 Å². The summed E-state index contributed by atoms with van der Waals surface area (Å²) < 4.78 is 1.02. The first-order valence-corrected chi connectivity index (χ1v) is 6.11. The second-order valence-electron chi connectivity index (χ2n) is 3.96. The van der Waals surface area contributed by atoms with Crippen LogP contribution in [-0.4, -0.2) is 29.0 Å². The first kappa shape index (κ1) is 11.0. The first-order valence-electron chi connectivity index (χ1n) is 5.32. The average molecular weight is 270 g/mol. The Balaban J connectivity index is 2.28. The van der Waals surface area contributed by atoms with Gasteiger partial charge in [0.1, 0.15) is 0 Å². The van der Waals surface area contributed by atoms with Crippen LogP contribution in [0.15, 0.2) is 22.9 Å². The van der Waals surface area contributed by atoms with Crippen molar-refractivity contribution in [1.29, 1.82) is 0 Å². The smallest absolute Gasteiger partial charge is 0.0515 e. The van der Waals surface area contributed by atoms with Crippen molar-refractivity contribution in [1.82, 2.24) is 9.88 Å². The Bertz CT molecular complexity index is 342. The van der Waals surface area contributed by atoms with Gasteiger partial charge in [-0.3, -0.25) is 9.88 Å². The Labute approximate surface area is 98.8 Å². The van der Waals surface area contributed by atoms with E-state index in [0.717, 1.165) is 24.0 Å². The van der Waals surface area contributed by atoms with Crippen LogP contribution in [-0.2, 0) is 0 Å². The number of hydrogen-bond donors (Lipinski definition) is 1. The number of rotatable bonds is 2. The maximum absolute atomic E-state index is 6.14. The number of nitrogens with two attached hydrogens (primary N) is 1. The monoisotopic (exact) mass is 269 g/mol. The van der Waals surface area contributed by atoms with Gasteiger partial charge < -0.3 is 5.73 Å². The fourth-order valence-corrected chi connectivity index (χ4v) is 2.67. The van der Waals surface area contributed by atoms with Crippen LogP contribution in [0.2, 0.25) is 0 Å². The van der Waals surface area contributed by atoms with E-state index in [1.165, 1.54) is 5.56 Å². The molecule has 0 aliphatic carbocycles. The van der Waals surface area contributed by atoms with Gasteiger partial charge in [0.2, 0.25) is 0 Å². The van der Waals surface area contributed by atoms with Crippen molar-refractivity contribution in [2.75, 3.05) is 13.1 Å². The molecule has 3 nitrogen and oxygen atoms in total. The van der Waals surface area contributed by atoms with Crippen LogP contribution in [0.25, 0.3) is 0 Å². The van der Waals surface area contributed by atoms with Crippen molar-refractivity contribution in [3.63, 3.8) is 0 Å². The topological polar surface area (TPSA) is 42.1 Å². The van der Waals surface area contributed by atoms with Crippen LogP contribution in [0, 0.1) is 0 Å². The van der Waals surface area contributed by atoms with Crippen LogP contribution < -0.4 is 5.73 Å². The summed E-state index contributed by atoms with van der Waals surface area (Å²) in [6.07, 6.45) is 4.80. The van der Waals surface area contributed by atoms with Crippen LogP contribution in [0.1, 0.15) is 24.9 Å². The first-order chi connectivity index (χ1) is 7.22. The molecule has 2 atom stereocenters. The summed E-state index contributed by atoms with van der Waals surface area (Å²) in [5, 5.41) is 0. The van der Waals surface area contributed by atoms with Crippen molar-refractivity contribution in [2.45, 2.75) is 25.4 Å². The molecular weight excluding hydrogens is 254 g/mol. The molecule has 2 N–H and O–H groups in total. The van der Waals surface area contributed by atoms with E-state index >= 15 is 0 Å². The normalized spacial score (nSPS) is 27.1. The number of likely N-dealkylation sites (tertiary alicyclic amines) is 1. The second-order valence-corrected chi connectivity index (χ2v) is 4.88. The van der Waals surface area contributed by atoms with Crippen LogP contribution >= 0.6 is 15.9 Å². The predicted octanol–water partition coefficient (Wildman–Crippen LogP) is 1.94. The Morgan fingerprint density at radius 1 is 1.60 bits per heavy atom. The number of nitrogens with zero attached hydrogens (tertiary/aromatic N) is 2. The van der Waals surface area contributed by atoms with Crippen molar-refractivity contribution in [3.05, 3.63) is 28.5 Å². The quantitative estimate of drug-likeness (QED) is 0.893. The van der Waals surface area contributed by atoms with Crippen LogP contribution in [0.4, 0.5) is 0 Å². The van der Waals surface area contributed by atoms with Crippen LogP contribution in [0.3, 0.4) is 0 Å². The molecule has 1 aliphatic rings. The highest BCUT2D eigenvalue weighted by Gasteiger charge is 2.31. The lowest BCUT2D eigenvalue weighted by Gasteiger charge is -2.25. The molecule has 1 fully saturated rings. The highest BCUT2D eigenvalue weighted by molar-refractivity contribution is 9.10. The molecule has 0 bridgehead atoms. The molecule has 4 heteroatoms. The Morgan fingerprint density at radius 2 is 2.40 bits per heavy atom. The molecule has 2 unspecified atom stereocenters. The van der Waals surface area contributed by atoms with E-state index in [9.17, 15) is 0 Å². The molecular formula is C11H16BrN3. The van der Waals surface area contributed by atoms with Crippen LogP contribution in [0.5, 0.6) is 0 Å². The zero-order chi connectivity index (χ0) is 10.8. The van der Waals surface area contributed by atoms with Gasteiger partial charge in [0.15, 0.2) is 0 Å². The zero-order valence-corrected chi connectivity index (χ0v) is 10.4. The molecule has 1 aromatic heterocycles. The molecule has 0 saturated carbocycles. The summed E-state index contributed by atoms with van der Waals surface area (Å²) >= 11 is 3.45. The lowest BCUT2D eigenvalue weighted by Crippen LogP contribution is -2.31. The summed E-state index contributed by atoms with van der Waals surface area (Å²) in [6, 6.07) is 2.69. The Hall–Kier alpha value is -0.450. The largest absolute Gasteiger partial charge is 0.326 e. The zero-order valence-electron chi connectivity index (χ0n) is 8.86. The molecule has 1 aliphatic heterocycles. The fourth-order valence-electron chi connectivity index (χ4n) is 2.29. The third-order valence-electron chi connectivity index (χ3n) is 3.02. The predicted molar refractivity (Wildman–Crippen MR) is 64.5 cm³/mol. The lowest BCUT2D eigenvalue weighted by atomic mass is 10.0. The Morgan fingerprint density at radius 3 is 3.07 bits per heavy atom. The fraction of sp³-hybridized carbons (Fsp3) is 0.545. The van der Waals surface area contributed by atoms with Gasteiger partial charge in [0.05, 0.1) is 6.04 Å². The van der Waals surface area contributed by atoms with E-state index in [1.807, 2.05) is 6.20 Å². The average Bonchev–Trinajstić information content (AvgIpc) is 2.59. The summed E-state index contributed by atoms with van der Waals surface area (Å²) in [5.41, 5.74) is 7.36. The van der Waals surface area contributed by atoms with Gasteiger partial charge >= 0.3 is 0 Å². The summed E-state index contributed by atoms with van der Waals surface area (Å²) in [5.74, 6) is 0. The summed E-state index contributed by atoms with van der Waals surface area (Å²) in [6.45, 7) is 4.32. The third kappa shape index (κ3) is 2.22. The number of halogens is 1. The van der Waals surface area contributed by atoms with E-state index in [1.54, 1.807) is 6.20 Å². The Kier molecular flexibility index (Phi) is 3.38. The van der Waals surface area contributed by atoms with Gasteiger partial charge in [-0.15, -0.1) is 0 Å². The van der Waals surface area contributed by atoms with E-state index in [-0.39, 0.29) is 6.04 Å². The van der Waals surface area contributed by atoms with Crippen molar-refractivity contribution in [2.24, 2.45) is 5.73 Å². The summed E-state index contributed by atoms with van der Waals surface area (Å²) in [4.78, 5) is 6.61. The molecule has 1 saturated heterocycles. The number of hydrogen-bond acceptors (Lipinski definition) is 3. The minimum Gasteiger partial charge on any atom is -0.326 e. The molecule has 0 aromatic carbocycles. The SMILES string of the molecule is CCN1CCC(N)C1c1cncc(Br)c1. The van der Waals surface area contributed by atoms with Gasteiger partial charge in [0.25, 0.3) is 0 Å². The van der Waals surface area contributed by atoms with Gasteiger partial charge in [-0.1, -0.05) is 6.92 Å². The third-order valence-corrected chi connectivity index (χ3v) is 3.46. The minimum atomic E-state index is 0.237. The molecule has 0 spiro atoms. The molecule has 82 valence electrons. The van der Waals surface area contributed by atoms with Crippen molar-refractivity contribution < 1.29 is 0 Å². The molecule has 2 heterocycles. The highest BCUT2D eigenvalue weighted by atomic mass is 79.9. The minimum absolute atomic E-state index is 0.237. The summed E-state index contributed by atoms with van der Waals surface area (Å²) in [7, 11) is 0. The standard InChI is InChI=1S/C11H16BrN3/c1-2-15-4-3-10(13)11(15)8-5-9(12)7-14-6-8/h5-7,10-11H,2-4,13H2,1H3. The lowest BCUT2D eigenvalue weighted by molar-refractivity contribution is 0.260. The highest BCUT2D eigenvalue weighted by Crippen LogP contribution is 2.31. The van der Waals surface area contributed by atoms with Crippen molar-refractivity contribution in [3.8, 4) is 0 Å². The number of aromatic nitrogens is 1. The molecule has 15 heavy (non-hydrogen) atoms. The van der Waals surface area contributed by atoms with Gasteiger partial charge in [-0.2, -0.15) is 0 Å². The maximum atomic E-state index is 6.14. The van der Waals surface area contributed by atoms with E-state index in [2.05, 4.69) is 38.8 Å². The molecule has 2 rings (SSSR count). The second kappa shape index (κ2) is 4.60. The molecule has 0 radical (unpaired) electrons. The van der Waals surface area contributed by atoms with Gasteiger partial charge in [-0.05, 0) is 40.5 Å². The molecule has 0 amide bonds. The maximum Gasteiger partial charge on any atom is 0.0515 e. The number of likely N-dealkylation sites (N-methyl/N-ethyl adjacent to an activating group) is 1. The number of pyridine rings is 1.